The number of halogens is 1. The molecule has 1 aliphatic heterocycles. The maximum atomic E-state index is 13.7. The van der Waals surface area contributed by atoms with Gasteiger partial charge in [0.1, 0.15) is 17.7 Å². The van der Waals surface area contributed by atoms with Crippen molar-refractivity contribution in [1.29, 1.82) is 0 Å². The average Bonchev–Trinajstić information content (AvgIpc) is 2.57. The van der Waals surface area contributed by atoms with Gasteiger partial charge < -0.3 is 10.6 Å². The SMILES string of the molecule is Cc1ccc(C2C(N)=NC(=O)N2CC(C)C)cc1F. The molecule has 2 amide bonds. The van der Waals surface area contributed by atoms with Gasteiger partial charge in [0.15, 0.2) is 0 Å². The summed E-state index contributed by atoms with van der Waals surface area (Å²) < 4.78 is 13.7. The molecule has 0 spiro atoms. The fourth-order valence-corrected chi connectivity index (χ4v) is 2.21. The molecule has 4 nitrogen and oxygen atoms in total. The zero-order valence-electron chi connectivity index (χ0n) is 11.4. The summed E-state index contributed by atoms with van der Waals surface area (Å²) in [6.07, 6.45) is 0. The topological polar surface area (TPSA) is 58.7 Å². The van der Waals surface area contributed by atoms with Gasteiger partial charge in [-0.25, -0.2) is 9.18 Å². The summed E-state index contributed by atoms with van der Waals surface area (Å²) in [6, 6.07) is 4.10. The second kappa shape index (κ2) is 4.99. The highest BCUT2D eigenvalue weighted by Crippen LogP contribution is 2.28. The summed E-state index contributed by atoms with van der Waals surface area (Å²) in [5.74, 6) is 0.228. The number of amides is 2. The number of hydrogen-bond acceptors (Lipinski definition) is 2. The predicted molar refractivity (Wildman–Crippen MR) is 72.4 cm³/mol. The summed E-state index contributed by atoms with van der Waals surface area (Å²) >= 11 is 0. The zero-order valence-corrected chi connectivity index (χ0v) is 11.4. The minimum Gasteiger partial charge on any atom is -0.385 e. The first-order valence-electron chi connectivity index (χ1n) is 6.31. The highest BCUT2D eigenvalue weighted by atomic mass is 19.1. The molecule has 1 aromatic rings. The van der Waals surface area contributed by atoms with Gasteiger partial charge in [-0.2, -0.15) is 4.99 Å². The van der Waals surface area contributed by atoms with Crippen LogP contribution in [0.1, 0.15) is 31.0 Å². The Balaban J connectivity index is 2.36. The lowest BCUT2D eigenvalue weighted by Crippen LogP contribution is -2.35. The Morgan fingerprint density at radius 1 is 1.47 bits per heavy atom. The fourth-order valence-electron chi connectivity index (χ4n) is 2.21. The van der Waals surface area contributed by atoms with Crippen LogP contribution in [-0.2, 0) is 0 Å². The highest BCUT2D eigenvalue weighted by molar-refractivity contribution is 6.03. The lowest BCUT2D eigenvalue weighted by atomic mass is 10.0. The largest absolute Gasteiger partial charge is 0.385 e. The lowest BCUT2D eigenvalue weighted by Gasteiger charge is -2.26. The van der Waals surface area contributed by atoms with E-state index in [1.807, 2.05) is 13.8 Å². The number of carbonyl (C=O) groups is 1. The molecule has 1 unspecified atom stereocenters. The molecule has 0 bridgehead atoms. The summed E-state index contributed by atoms with van der Waals surface area (Å²) in [6.45, 7) is 6.26. The van der Waals surface area contributed by atoms with Crippen molar-refractivity contribution < 1.29 is 9.18 Å². The minimum atomic E-state index is -0.454. The van der Waals surface area contributed by atoms with E-state index in [9.17, 15) is 9.18 Å². The Labute approximate surface area is 112 Å². The molecule has 0 aliphatic carbocycles. The van der Waals surface area contributed by atoms with Crippen LogP contribution in [0.15, 0.2) is 23.2 Å². The summed E-state index contributed by atoms with van der Waals surface area (Å²) in [4.78, 5) is 17.2. The van der Waals surface area contributed by atoms with Crippen molar-refractivity contribution in [2.24, 2.45) is 16.6 Å². The van der Waals surface area contributed by atoms with Crippen LogP contribution in [0.2, 0.25) is 0 Å². The van der Waals surface area contributed by atoms with Crippen molar-refractivity contribution in [2.45, 2.75) is 26.8 Å². The molecule has 5 heteroatoms. The van der Waals surface area contributed by atoms with E-state index >= 15 is 0 Å². The summed E-state index contributed by atoms with van der Waals surface area (Å²) in [5.41, 5.74) is 7.05. The second-order valence-corrected chi connectivity index (χ2v) is 5.28. The van der Waals surface area contributed by atoms with E-state index in [1.165, 1.54) is 6.07 Å². The number of hydrogen-bond donors (Lipinski definition) is 1. The van der Waals surface area contributed by atoms with Crippen LogP contribution >= 0.6 is 0 Å². The van der Waals surface area contributed by atoms with Crippen LogP contribution in [0, 0.1) is 18.7 Å². The molecule has 0 fully saturated rings. The van der Waals surface area contributed by atoms with Gasteiger partial charge in [-0.1, -0.05) is 26.0 Å². The third-order valence-electron chi connectivity index (χ3n) is 3.14. The maximum Gasteiger partial charge on any atom is 0.346 e. The molecule has 0 saturated carbocycles. The van der Waals surface area contributed by atoms with Crippen molar-refractivity contribution in [3.63, 3.8) is 0 Å². The van der Waals surface area contributed by atoms with E-state index in [4.69, 9.17) is 5.73 Å². The van der Waals surface area contributed by atoms with Crippen molar-refractivity contribution >= 4 is 11.9 Å². The van der Waals surface area contributed by atoms with Gasteiger partial charge in [0.2, 0.25) is 0 Å². The summed E-state index contributed by atoms with van der Waals surface area (Å²) in [7, 11) is 0. The molecule has 0 radical (unpaired) electrons. The Kier molecular flexibility index (Phi) is 3.55. The highest BCUT2D eigenvalue weighted by Gasteiger charge is 2.34. The number of rotatable bonds is 3. The van der Waals surface area contributed by atoms with Crippen LogP contribution in [-0.4, -0.2) is 23.3 Å². The average molecular weight is 263 g/mol. The van der Waals surface area contributed by atoms with E-state index in [0.29, 0.717) is 23.6 Å². The molecule has 1 aliphatic rings. The van der Waals surface area contributed by atoms with E-state index in [2.05, 4.69) is 4.99 Å². The van der Waals surface area contributed by atoms with Crippen molar-refractivity contribution in [1.82, 2.24) is 4.90 Å². The summed E-state index contributed by atoms with van der Waals surface area (Å²) in [5, 5.41) is 0. The van der Waals surface area contributed by atoms with Gasteiger partial charge in [0.05, 0.1) is 0 Å². The molecule has 0 aromatic heterocycles. The van der Waals surface area contributed by atoms with Crippen molar-refractivity contribution in [2.75, 3.05) is 6.54 Å². The number of carbonyl (C=O) groups excluding carboxylic acids is 1. The first-order chi connectivity index (χ1) is 8.90. The number of nitrogens with two attached hydrogens (primary N) is 1. The van der Waals surface area contributed by atoms with E-state index in [1.54, 1.807) is 24.0 Å². The molecule has 1 heterocycles. The zero-order chi connectivity index (χ0) is 14.2. The third kappa shape index (κ3) is 2.59. The molecule has 1 aromatic carbocycles. The molecular formula is C14H18FN3O. The van der Waals surface area contributed by atoms with Gasteiger partial charge in [0, 0.05) is 6.54 Å². The molecule has 102 valence electrons. The van der Waals surface area contributed by atoms with Crippen LogP contribution < -0.4 is 5.73 Å². The molecule has 1 atom stereocenters. The number of nitrogens with zero attached hydrogens (tertiary/aromatic N) is 2. The molecule has 0 saturated heterocycles. The molecule has 19 heavy (non-hydrogen) atoms. The van der Waals surface area contributed by atoms with E-state index in [0.717, 1.165) is 0 Å². The lowest BCUT2D eigenvalue weighted by molar-refractivity contribution is 0.198. The normalized spacial score (nSPS) is 19.2. The van der Waals surface area contributed by atoms with Gasteiger partial charge in [-0.3, -0.25) is 0 Å². The second-order valence-electron chi connectivity index (χ2n) is 5.28. The fraction of sp³-hybridized carbons (Fsp3) is 0.429. The predicted octanol–water partition coefficient (Wildman–Crippen LogP) is 2.62. The van der Waals surface area contributed by atoms with Gasteiger partial charge >= 0.3 is 6.03 Å². The third-order valence-corrected chi connectivity index (χ3v) is 3.14. The smallest absolute Gasteiger partial charge is 0.346 e. The van der Waals surface area contributed by atoms with E-state index < -0.39 is 6.04 Å². The van der Waals surface area contributed by atoms with Crippen LogP contribution in [0.5, 0.6) is 0 Å². The van der Waals surface area contributed by atoms with Crippen molar-refractivity contribution in [3.8, 4) is 0 Å². The Hall–Kier alpha value is -1.91. The van der Waals surface area contributed by atoms with E-state index in [-0.39, 0.29) is 17.7 Å². The van der Waals surface area contributed by atoms with Gasteiger partial charge in [-0.15, -0.1) is 0 Å². The number of amidine groups is 1. The standard InChI is InChI=1S/C14H18FN3O/c1-8(2)7-18-12(13(16)17-14(18)19)10-5-4-9(3)11(15)6-10/h4-6,8,12H,7H2,1-3H3,(H2,16,17,19). The van der Waals surface area contributed by atoms with Crippen LogP contribution in [0.3, 0.4) is 0 Å². The Morgan fingerprint density at radius 2 is 2.16 bits per heavy atom. The quantitative estimate of drug-likeness (QED) is 0.911. The number of urea groups is 1. The number of aryl methyl sites for hydroxylation is 1. The Bertz CT molecular complexity index is 539. The van der Waals surface area contributed by atoms with Crippen LogP contribution in [0.25, 0.3) is 0 Å². The minimum absolute atomic E-state index is 0.230. The monoisotopic (exact) mass is 263 g/mol. The number of benzene rings is 1. The maximum absolute atomic E-state index is 13.7. The first kappa shape index (κ1) is 13.5. The van der Waals surface area contributed by atoms with Crippen LogP contribution in [0.4, 0.5) is 9.18 Å². The Morgan fingerprint density at radius 3 is 2.74 bits per heavy atom. The number of aliphatic imine (C=N–C) groups is 1. The van der Waals surface area contributed by atoms with Gasteiger partial charge in [0.25, 0.3) is 0 Å². The van der Waals surface area contributed by atoms with Gasteiger partial charge in [-0.05, 0) is 30.0 Å². The van der Waals surface area contributed by atoms with Crippen molar-refractivity contribution in [3.05, 3.63) is 35.1 Å². The molecule has 2 rings (SSSR count). The molecule has 2 N–H and O–H groups in total. The molecular weight excluding hydrogens is 245 g/mol. The first-order valence-corrected chi connectivity index (χ1v) is 6.31.